The SMILES string of the molecule is O=C(OCC(F)(F)F)C1COC2(OC1C(=O)OCC(F)(F)F)C1CC3CC2CC(OC(=O)C(F)(F)S(=O)(=O)O)(C3)C1. The van der Waals surface area contributed by atoms with Crippen molar-refractivity contribution in [2.24, 2.45) is 23.7 Å². The van der Waals surface area contributed by atoms with Crippen LogP contribution in [0.1, 0.15) is 32.1 Å². The van der Waals surface area contributed by atoms with Gasteiger partial charge in [-0.2, -0.15) is 43.5 Å². The Morgan fingerprint density at radius 1 is 0.854 bits per heavy atom. The van der Waals surface area contributed by atoms with E-state index >= 15 is 0 Å². The number of rotatable bonds is 7. The Morgan fingerprint density at radius 3 is 1.85 bits per heavy atom. The molecule has 5 fully saturated rings. The Morgan fingerprint density at radius 2 is 1.37 bits per heavy atom. The molecular weight excluding hydrogens is 612 g/mol. The van der Waals surface area contributed by atoms with E-state index in [1.807, 2.05) is 0 Å². The summed E-state index contributed by atoms with van der Waals surface area (Å²) in [4.78, 5) is 37.1. The van der Waals surface area contributed by atoms with Crippen molar-refractivity contribution in [3.8, 4) is 0 Å². The molecule has 1 N–H and O–H groups in total. The van der Waals surface area contributed by atoms with Crippen molar-refractivity contribution in [2.75, 3.05) is 19.8 Å². The predicted octanol–water partition coefficient (Wildman–Crippen LogP) is 2.53. The van der Waals surface area contributed by atoms with Gasteiger partial charge in [0.15, 0.2) is 25.1 Å². The van der Waals surface area contributed by atoms with Crippen LogP contribution in [0.15, 0.2) is 0 Å². The minimum Gasteiger partial charge on any atom is -0.456 e. The molecule has 0 aromatic heterocycles. The Bertz CT molecular complexity index is 1170. The highest BCUT2D eigenvalue weighted by atomic mass is 32.2. The minimum atomic E-state index is -6.18. The van der Waals surface area contributed by atoms with E-state index in [0.29, 0.717) is 0 Å². The van der Waals surface area contributed by atoms with E-state index in [9.17, 15) is 57.9 Å². The van der Waals surface area contributed by atoms with Gasteiger partial charge in [-0.15, -0.1) is 0 Å². The number of ether oxygens (including phenoxy) is 5. The zero-order valence-electron chi connectivity index (χ0n) is 20.5. The summed E-state index contributed by atoms with van der Waals surface area (Å²) in [5, 5.41) is -5.29. The van der Waals surface area contributed by atoms with Gasteiger partial charge in [-0.1, -0.05) is 0 Å². The maximum atomic E-state index is 13.9. The van der Waals surface area contributed by atoms with Crippen LogP contribution < -0.4 is 0 Å². The molecule has 0 aromatic rings. The van der Waals surface area contributed by atoms with Crippen LogP contribution in [0.3, 0.4) is 0 Å². The van der Waals surface area contributed by atoms with E-state index < -0.39 is 101 Å². The molecule has 4 saturated carbocycles. The summed E-state index contributed by atoms with van der Waals surface area (Å²) < 4.78 is 159. The molecule has 1 heterocycles. The van der Waals surface area contributed by atoms with E-state index in [1.54, 1.807) is 0 Å². The molecule has 0 radical (unpaired) electrons. The molecule has 11 nitrogen and oxygen atoms in total. The zero-order chi connectivity index (χ0) is 30.8. The van der Waals surface area contributed by atoms with E-state index in [1.165, 1.54) is 0 Å². The van der Waals surface area contributed by atoms with Crippen LogP contribution in [0.25, 0.3) is 0 Å². The summed E-state index contributed by atoms with van der Waals surface area (Å²) in [6.07, 6.45) is -12.4. The van der Waals surface area contributed by atoms with Crippen LogP contribution in [-0.2, 0) is 48.2 Å². The van der Waals surface area contributed by atoms with Gasteiger partial charge in [-0.25, -0.2) is 9.59 Å². The molecule has 41 heavy (non-hydrogen) atoms. The number of esters is 3. The lowest BCUT2D eigenvalue weighted by Gasteiger charge is -2.64. The standard InChI is InChI=1S/C21H22F8O11S/c22-18(23,24)7-36-14(30)12-6-38-20(39-13(12)15(31)37-8-19(25,26)27)10-1-9-2-11(20)5-17(3-9,4-10)40-16(32)21(28,29)41(33,34)35/h9-13H,1-8H2,(H,33,34,35). The van der Waals surface area contributed by atoms with Gasteiger partial charge in [-0.05, 0) is 38.0 Å². The highest BCUT2D eigenvalue weighted by Gasteiger charge is 2.69. The lowest BCUT2D eigenvalue weighted by Crippen LogP contribution is -2.70. The molecule has 234 valence electrons. The monoisotopic (exact) mass is 634 g/mol. The summed E-state index contributed by atoms with van der Waals surface area (Å²) in [7, 11) is -6.18. The first-order valence-corrected chi connectivity index (χ1v) is 13.4. The summed E-state index contributed by atoms with van der Waals surface area (Å²) in [5.41, 5.74) is -1.69. The summed E-state index contributed by atoms with van der Waals surface area (Å²) in [6.45, 7) is -5.04. The van der Waals surface area contributed by atoms with Gasteiger partial charge in [-0.3, -0.25) is 9.35 Å². The zero-order valence-corrected chi connectivity index (χ0v) is 21.3. The van der Waals surface area contributed by atoms with Gasteiger partial charge in [0.25, 0.3) is 0 Å². The number of alkyl halides is 8. The van der Waals surface area contributed by atoms with Crippen molar-refractivity contribution < 1.29 is 86.2 Å². The molecule has 20 heteroatoms. The largest absolute Gasteiger partial charge is 0.465 e. The van der Waals surface area contributed by atoms with Gasteiger partial charge in [0, 0.05) is 11.8 Å². The first kappa shape index (κ1) is 31.6. The first-order chi connectivity index (χ1) is 18.6. The fourth-order valence-corrected chi connectivity index (χ4v) is 6.54. The second-order valence-electron chi connectivity index (χ2n) is 10.5. The van der Waals surface area contributed by atoms with Crippen LogP contribution in [0.4, 0.5) is 35.1 Å². The van der Waals surface area contributed by atoms with Crippen molar-refractivity contribution in [3.05, 3.63) is 0 Å². The topological polar surface area (TPSA) is 152 Å². The number of carbonyl (C=O) groups excluding carboxylic acids is 3. The van der Waals surface area contributed by atoms with Crippen molar-refractivity contribution in [1.29, 1.82) is 0 Å². The van der Waals surface area contributed by atoms with E-state index in [-0.39, 0.29) is 38.0 Å². The molecule has 4 unspecified atom stereocenters. The van der Waals surface area contributed by atoms with E-state index in [2.05, 4.69) is 9.47 Å². The first-order valence-electron chi connectivity index (χ1n) is 11.9. The molecule has 4 bridgehead atoms. The van der Waals surface area contributed by atoms with Gasteiger partial charge < -0.3 is 23.7 Å². The normalized spacial score (nSPS) is 35.3. The van der Waals surface area contributed by atoms with Crippen LogP contribution in [0.2, 0.25) is 0 Å². The Balaban J connectivity index is 1.57. The second-order valence-corrected chi connectivity index (χ2v) is 12.0. The molecule has 5 rings (SSSR count). The van der Waals surface area contributed by atoms with Crippen molar-refractivity contribution in [2.45, 2.75) is 67.2 Å². The Hall–Kier alpha value is -2.32. The predicted molar refractivity (Wildman–Crippen MR) is 110 cm³/mol. The number of hydrogen-bond acceptors (Lipinski definition) is 10. The molecule has 0 amide bonds. The third kappa shape index (κ3) is 6.24. The third-order valence-corrected chi connectivity index (χ3v) is 8.41. The summed E-state index contributed by atoms with van der Waals surface area (Å²) in [6, 6.07) is 0. The maximum Gasteiger partial charge on any atom is 0.465 e. The van der Waals surface area contributed by atoms with E-state index in [4.69, 9.17) is 18.8 Å². The number of hydrogen-bond donors (Lipinski definition) is 1. The molecule has 4 aliphatic carbocycles. The average molecular weight is 634 g/mol. The highest BCUT2D eigenvalue weighted by molar-refractivity contribution is 7.87. The maximum absolute atomic E-state index is 13.9. The van der Waals surface area contributed by atoms with Gasteiger partial charge in [0.05, 0.1) is 6.61 Å². The highest BCUT2D eigenvalue weighted by Crippen LogP contribution is 2.64. The number of halogens is 8. The Kier molecular flexibility index (Phi) is 7.82. The minimum absolute atomic E-state index is 0.00677. The summed E-state index contributed by atoms with van der Waals surface area (Å²) in [5.74, 6) is -12.0. The smallest absolute Gasteiger partial charge is 0.456 e. The molecule has 5 aliphatic rings. The quantitative estimate of drug-likeness (QED) is 0.190. The molecule has 1 aliphatic heterocycles. The van der Waals surface area contributed by atoms with Gasteiger partial charge >= 0.3 is 45.6 Å². The lowest BCUT2D eigenvalue weighted by atomic mass is 9.51. The van der Waals surface area contributed by atoms with Gasteiger partial charge in [0.2, 0.25) is 0 Å². The second kappa shape index (κ2) is 10.1. The molecular formula is C21H22F8O11S. The molecule has 0 aromatic carbocycles. The fourth-order valence-electron chi connectivity index (χ4n) is 6.29. The van der Waals surface area contributed by atoms with Crippen LogP contribution >= 0.6 is 0 Å². The average Bonchev–Trinajstić information content (AvgIpc) is 2.82. The fraction of sp³-hybridized carbons (Fsp3) is 0.857. The number of carbonyl (C=O) groups is 3. The van der Waals surface area contributed by atoms with Crippen molar-refractivity contribution in [3.63, 3.8) is 0 Å². The van der Waals surface area contributed by atoms with Crippen molar-refractivity contribution in [1.82, 2.24) is 0 Å². The molecule has 4 atom stereocenters. The van der Waals surface area contributed by atoms with Gasteiger partial charge in [0.1, 0.15) is 11.5 Å². The van der Waals surface area contributed by atoms with E-state index in [0.717, 1.165) is 0 Å². The van der Waals surface area contributed by atoms with Crippen LogP contribution in [0.5, 0.6) is 0 Å². The van der Waals surface area contributed by atoms with Crippen LogP contribution in [-0.4, -0.2) is 85.8 Å². The lowest BCUT2D eigenvalue weighted by molar-refractivity contribution is -0.393. The molecule has 1 saturated heterocycles. The van der Waals surface area contributed by atoms with Crippen LogP contribution in [0, 0.1) is 23.7 Å². The third-order valence-electron chi connectivity index (χ3n) is 7.60. The summed E-state index contributed by atoms with van der Waals surface area (Å²) >= 11 is 0. The Labute approximate surface area is 225 Å². The molecule has 1 spiro atoms. The van der Waals surface area contributed by atoms with Crippen molar-refractivity contribution >= 4 is 28.0 Å².